The Balaban J connectivity index is 2.29. The van der Waals surface area contributed by atoms with Crippen molar-refractivity contribution in [3.8, 4) is 0 Å². The average molecular weight is 297 g/mol. The molecule has 102 valence electrons. The van der Waals surface area contributed by atoms with E-state index < -0.39 is 0 Å². The van der Waals surface area contributed by atoms with Crippen LogP contribution in [0.2, 0.25) is 5.02 Å². The minimum absolute atomic E-state index is 0.266. The van der Waals surface area contributed by atoms with Crippen LogP contribution in [0, 0.1) is 6.92 Å². The normalized spacial score (nSPS) is 12.6. The van der Waals surface area contributed by atoms with Gasteiger partial charge in [-0.3, -0.25) is 4.68 Å². The number of aromatic nitrogens is 2. The molecule has 0 fully saturated rings. The SMILES string of the molecule is CCn1nc(C)c(Cl)c1CC(CCl)c1ccccc1. The first-order chi connectivity index (χ1) is 9.17. The Hall–Kier alpha value is -0.990. The van der Waals surface area contributed by atoms with Crippen LogP contribution in [-0.2, 0) is 13.0 Å². The summed E-state index contributed by atoms with van der Waals surface area (Å²) in [6, 6.07) is 10.3. The molecule has 19 heavy (non-hydrogen) atoms. The fraction of sp³-hybridized carbons (Fsp3) is 0.400. The lowest BCUT2D eigenvalue weighted by Gasteiger charge is -2.15. The molecule has 1 unspecified atom stereocenters. The van der Waals surface area contributed by atoms with Crippen molar-refractivity contribution in [2.45, 2.75) is 32.7 Å². The largest absolute Gasteiger partial charge is 0.268 e. The van der Waals surface area contributed by atoms with Crippen molar-refractivity contribution < 1.29 is 0 Å². The molecule has 0 saturated carbocycles. The van der Waals surface area contributed by atoms with Crippen LogP contribution >= 0.6 is 23.2 Å². The highest BCUT2D eigenvalue weighted by Gasteiger charge is 2.18. The van der Waals surface area contributed by atoms with Gasteiger partial charge in [-0.25, -0.2) is 0 Å². The summed E-state index contributed by atoms with van der Waals surface area (Å²) >= 11 is 12.5. The smallest absolute Gasteiger partial charge is 0.0847 e. The number of halogens is 2. The molecule has 0 aliphatic rings. The molecule has 2 aromatic rings. The van der Waals surface area contributed by atoms with Crippen molar-refractivity contribution in [2.75, 3.05) is 5.88 Å². The van der Waals surface area contributed by atoms with Crippen LogP contribution in [0.15, 0.2) is 30.3 Å². The van der Waals surface area contributed by atoms with Gasteiger partial charge in [0, 0.05) is 18.3 Å². The monoisotopic (exact) mass is 296 g/mol. The Kier molecular flexibility index (Phi) is 4.89. The second kappa shape index (κ2) is 6.44. The third-order valence-electron chi connectivity index (χ3n) is 3.35. The topological polar surface area (TPSA) is 17.8 Å². The van der Waals surface area contributed by atoms with Gasteiger partial charge in [0.25, 0.3) is 0 Å². The molecule has 1 atom stereocenters. The van der Waals surface area contributed by atoms with Gasteiger partial charge in [-0.2, -0.15) is 5.10 Å². The lowest BCUT2D eigenvalue weighted by Crippen LogP contribution is -2.10. The fourth-order valence-electron chi connectivity index (χ4n) is 2.28. The predicted octanol–water partition coefficient (Wildman–Crippen LogP) is 4.43. The van der Waals surface area contributed by atoms with Crippen LogP contribution in [0.1, 0.15) is 29.8 Å². The Labute approximate surface area is 124 Å². The molecule has 0 saturated heterocycles. The summed E-state index contributed by atoms with van der Waals surface area (Å²) in [5.74, 6) is 0.843. The maximum atomic E-state index is 6.35. The molecular weight excluding hydrogens is 279 g/mol. The van der Waals surface area contributed by atoms with E-state index in [4.69, 9.17) is 23.2 Å². The van der Waals surface area contributed by atoms with Crippen molar-refractivity contribution in [1.82, 2.24) is 9.78 Å². The van der Waals surface area contributed by atoms with Gasteiger partial charge in [0.1, 0.15) is 0 Å². The van der Waals surface area contributed by atoms with Gasteiger partial charge < -0.3 is 0 Å². The molecule has 0 amide bonds. The number of rotatable bonds is 5. The minimum Gasteiger partial charge on any atom is -0.268 e. The van der Waals surface area contributed by atoms with Gasteiger partial charge in [-0.05, 0) is 25.8 Å². The van der Waals surface area contributed by atoms with E-state index in [-0.39, 0.29) is 5.92 Å². The first-order valence-corrected chi connectivity index (χ1v) is 7.41. The number of hydrogen-bond donors (Lipinski definition) is 0. The van der Waals surface area contributed by atoms with Crippen LogP contribution in [0.25, 0.3) is 0 Å². The highest BCUT2D eigenvalue weighted by atomic mass is 35.5. The molecule has 0 N–H and O–H groups in total. The zero-order valence-electron chi connectivity index (χ0n) is 11.2. The summed E-state index contributed by atoms with van der Waals surface area (Å²) in [7, 11) is 0. The van der Waals surface area contributed by atoms with Gasteiger partial charge in [-0.1, -0.05) is 41.9 Å². The van der Waals surface area contributed by atoms with Gasteiger partial charge in [0.05, 0.1) is 16.4 Å². The predicted molar refractivity (Wildman–Crippen MR) is 81.3 cm³/mol. The number of alkyl halides is 1. The van der Waals surface area contributed by atoms with Crippen LogP contribution in [-0.4, -0.2) is 15.7 Å². The Morgan fingerprint density at radius 2 is 1.95 bits per heavy atom. The summed E-state index contributed by atoms with van der Waals surface area (Å²) in [4.78, 5) is 0. The van der Waals surface area contributed by atoms with Crippen LogP contribution < -0.4 is 0 Å². The zero-order valence-corrected chi connectivity index (χ0v) is 12.7. The highest BCUT2D eigenvalue weighted by Crippen LogP contribution is 2.28. The summed E-state index contributed by atoms with van der Waals surface area (Å²) in [5, 5.41) is 5.22. The molecule has 0 spiro atoms. The van der Waals surface area contributed by atoms with Crippen molar-refractivity contribution in [2.24, 2.45) is 0 Å². The molecule has 0 bridgehead atoms. The fourth-order valence-corrected chi connectivity index (χ4v) is 2.78. The first kappa shape index (κ1) is 14.4. The van der Waals surface area contributed by atoms with Crippen LogP contribution in [0.4, 0.5) is 0 Å². The lowest BCUT2D eigenvalue weighted by molar-refractivity contribution is 0.596. The van der Waals surface area contributed by atoms with E-state index in [1.54, 1.807) is 0 Å². The van der Waals surface area contributed by atoms with Crippen molar-refractivity contribution >= 4 is 23.2 Å². The van der Waals surface area contributed by atoms with Gasteiger partial charge in [0.15, 0.2) is 0 Å². The number of benzene rings is 1. The summed E-state index contributed by atoms with van der Waals surface area (Å²) in [5.41, 5.74) is 3.21. The number of hydrogen-bond acceptors (Lipinski definition) is 1. The standard InChI is InChI=1S/C15H18Cl2N2/c1-3-19-14(15(17)11(2)18-19)9-13(10-16)12-7-5-4-6-8-12/h4-8,13H,3,9-10H2,1-2H3. The van der Waals surface area contributed by atoms with Crippen molar-refractivity contribution in [3.63, 3.8) is 0 Å². The Bertz CT molecular complexity index is 535. The molecule has 0 radical (unpaired) electrons. The molecule has 1 heterocycles. The highest BCUT2D eigenvalue weighted by molar-refractivity contribution is 6.31. The quantitative estimate of drug-likeness (QED) is 0.746. The summed E-state index contributed by atoms with van der Waals surface area (Å²) < 4.78 is 1.97. The molecule has 1 aromatic carbocycles. The molecule has 0 aliphatic heterocycles. The first-order valence-electron chi connectivity index (χ1n) is 6.50. The van der Waals surface area contributed by atoms with E-state index >= 15 is 0 Å². The molecule has 1 aromatic heterocycles. The number of aryl methyl sites for hydroxylation is 2. The lowest BCUT2D eigenvalue weighted by atomic mass is 9.96. The van der Waals surface area contributed by atoms with E-state index in [2.05, 4.69) is 24.2 Å². The van der Waals surface area contributed by atoms with Crippen molar-refractivity contribution in [3.05, 3.63) is 52.3 Å². The van der Waals surface area contributed by atoms with Gasteiger partial charge >= 0.3 is 0 Å². The molecule has 2 nitrogen and oxygen atoms in total. The Morgan fingerprint density at radius 3 is 2.53 bits per heavy atom. The van der Waals surface area contributed by atoms with Crippen LogP contribution in [0.5, 0.6) is 0 Å². The van der Waals surface area contributed by atoms with E-state index in [9.17, 15) is 0 Å². The maximum Gasteiger partial charge on any atom is 0.0847 e. The van der Waals surface area contributed by atoms with Crippen LogP contribution in [0.3, 0.4) is 0 Å². The Morgan fingerprint density at radius 1 is 1.26 bits per heavy atom. The number of nitrogens with zero attached hydrogens (tertiary/aromatic N) is 2. The second-order valence-electron chi connectivity index (χ2n) is 4.63. The van der Waals surface area contributed by atoms with Gasteiger partial charge in [0.2, 0.25) is 0 Å². The summed E-state index contributed by atoms with van der Waals surface area (Å²) in [6.45, 7) is 4.84. The zero-order chi connectivity index (χ0) is 13.8. The molecule has 0 aliphatic carbocycles. The molecule has 4 heteroatoms. The molecule has 2 rings (SSSR count). The third kappa shape index (κ3) is 3.13. The summed E-state index contributed by atoms with van der Waals surface area (Å²) in [6.07, 6.45) is 0.820. The van der Waals surface area contributed by atoms with E-state index in [1.165, 1.54) is 5.56 Å². The van der Waals surface area contributed by atoms with E-state index in [0.29, 0.717) is 5.88 Å². The molecular formula is C15H18Cl2N2. The third-order valence-corrected chi connectivity index (χ3v) is 4.21. The average Bonchev–Trinajstić information content (AvgIpc) is 2.72. The minimum atomic E-state index is 0.266. The van der Waals surface area contributed by atoms with E-state index in [0.717, 1.165) is 29.4 Å². The second-order valence-corrected chi connectivity index (χ2v) is 5.31. The van der Waals surface area contributed by atoms with Crippen molar-refractivity contribution in [1.29, 1.82) is 0 Å². The van der Waals surface area contributed by atoms with E-state index in [1.807, 2.05) is 29.8 Å². The maximum absolute atomic E-state index is 6.35. The van der Waals surface area contributed by atoms with Gasteiger partial charge in [-0.15, -0.1) is 11.6 Å².